The Morgan fingerprint density at radius 2 is 1.82 bits per heavy atom. The van der Waals surface area contributed by atoms with Crippen LogP contribution in [0.2, 0.25) is 0 Å². The van der Waals surface area contributed by atoms with Crippen molar-refractivity contribution >= 4 is 33.1 Å². The van der Waals surface area contributed by atoms with Crippen LogP contribution in [0.4, 0.5) is 4.79 Å². The lowest BCUT2D eigenvalue weighted by Crippen LogP contribution is -2.39. The fraction of sp³-hybridized carbons (Fsp3) is 0.483. The van der Waals surface area contributed by atoms with Crippen LogP contribution < -0.4 is 4.72 Å². The van der Waals surface area contributed by atoms with Crippen LogP contribution in [0.5, 0.6) is 0 Å². The van der Waals surface area contributed by atoms with Crippen LogP contribution in [-0.4, -0.2) is 53.8 Å². The van der Waals surface area contributed by atoms with Crippen LogP contribution in [0, 0.1) is 0 Å². The molecule has 0 radical (unpaired) electrons. The summed E-state index contributed by atoms with van der Waals surface area (Å²) in [4.78, 5) is 30.7. The van der Waals surface area contributed by atoms with Gasteiger partial charge in [0.1, 0.15) is 5.82 Å². The van der Waals surface area contributed by atoms with Gasteiger partial charge in [-0.2, -0.15) is 0 Å². The lowest BCUT2D eigenvalue weighted by molar-refractivity contribution is -0.117. The maximum absolute atomic E-state index is 12.6. The quantitative estimate of drug-likeness (QED) is 0.484. The van der Waals surface area contributed by atoms with Crippen molar-refractivity contribution in [3.8, 4) is 0 Å². The molecule has 2 amide bonds. The van der Waals surface area contributed by atoms with E-state index in [0.717, 1.165) is 35.3 Å². The number of imidazole rings is 1. The lowest BCUT2D eigenvalue weighted by Gasteiger charge is -2.29. The molecule has 1 N–H and O–H groups in total. The summed E-state index contributed by atoms with van der Waals surface area (Å²) >= 11 is 0. The SMILES string of the molecule is COC(=O)N1CCc2ccc3c(nc(C4CCC(S(=O)(=O)NC(C)=O)CC4)n3[C@H](C)Cc3ccccc3)c2C1. The Hall–Kier alpha value is -3.40. The van der Waals surface area contributed by atoms with Gasteiger partial charge in [0.2, 0.25) is 15.9 Å². The smallest absolute Gasteiger partial charge is 0.409 e. The van der Waals surface area contributed by atoms with Gasteiger partial charge in [-0.25, -0.2) is 18.2 Å². The Morgan fingerprint density at radius 1 is 1.10 bits per heavy atom. The molecule has 208 valence electrons. The van der Waals surface area contributed by atoms with Crippen LogP contribution in [0.15, 0.2) is 42.5 Å². The fourth-order valence-corrected chi connectivity index (χ4v) is 7.67. The number of methoxy groups -OCH3 is 1. The molecule has 39 heavy (non-hydrogen) atoms. The molecule has 2 aromatic carbocycles. The van der Waals surface area contributed by atoms with Crippen LogP contribution >= 0.6 is 0 Å². The molecule has 2 aliphatic rings. The van der Waals surface area contributed by atoms with Gasteiger partial charge in [0.15, 0.2) is 0 Å². The molecule has 3 aromatic rings. The first-order valence-electron chi connectivity index (χ1n) is 13.6. The normalized spacial score (nSPS) is 20.3. The van der Waals surface area contributed by atoms with Gasteiger partial charge >= 0.3 is 6.09 Å². The van der Waals surface area contributed by atoms with E-state index < -0.39 is 21.2 Å². The van der Waals surface area contributed by atoms with Crippen molar-refractivity contribution < 1.29 is 22.7 Å². The molecule has 1 aliphatic heterocycles. The van der Waals surface area contributed by atoms with E-state index in [9.17, 15) is 18.0 Å². The Kier molecular flexibility index (Phi) is 7.66. The minimum Gasteiger partial charge on any atom is -0.453 e. The summed E-state index contributed by atoms with van der Waals surface area (Å²) in [6.45, 7) is 4.48. The van der Waals surface area contributed by atoms with Crippen molar-refractivity contribution in [1.29, 1.82) is 0 Å². The Morgan fingerprint density at radius 3 is 2.49 bits per heavy atom. The molecule has 2 heterocycles. The molecule has 0 spiro atoms. The number of hydrogen-bond acceptors (Lipinski definition) is 6. The second kappa shape index (κ2) is 11.0. The molecule has 1 atom stereocenters. The molecule has 1 fully saturated rings. The Labute approximate surface area is 229 Å². The number of benzene rings is 2. The lowest BCUT2D eigenvalue weighted by atomic mass is 9.88. The van der Waals surface area contributed by atoms with E-state index in [1.165, 1.54) is 25.2 Å². The monoisotopic (exact) mass is 552 g/mol. The first-order chi connectivity index (χ1) is 18.7. The van der Waals surface area contributed by atoms with Crippen molar-refractivity contribution in [2.24, 2.45) is 0 Å². The number of aromatic nitrogens is 2. The minimum absolute atomic E-state index is 0.0929. The van der Waals surface area contributed by atoms with Crippen molar-refractivity contribution in [1.82, 2.24) is 19.2 Å². The maximum atomic E-state index is 12.6. The van der Waals surface area contributed by atoms with Crippen molar-refractivity contribution in [3.63, 3.8) is 0 Å². The molecular formula is C29H36N4O5S. The second-order valence-corrected chi connectivity index (χ2v) is 12.7. The minimum atomic E-state index is -3.68. The standard InChI is InChI=1S/C29H36N4O5S/c1-19(17-21-7-5-4-6-8-21)33-26-14-11-22-15-16-32(29(35)38-3)18-25(22)27(26)30-28(33)23-9-12-24(13-10-23)39(36,37)31-20(2)34/h4-8,11,14,19,23-24H,9-10,12-13,15-18H2,1-3H3,(H,31,34)/t19-,23?,24?/m1/s1. The number of fused-ring (bicyclic) bond motifs is 3. The van der Waals surface area contributed by atoms with E-state index in [-0.39, 0.29) is 18.1 Å². The summed E-state index contributed by atoms with van der Waals surface area (Å²) in [7, 11) is -2.28. The molecule has 0 saturated heterocycles. The van der Waals surface area contributed by atoms with E-state index in [1.54, 1.807) is 4.90 Å². The predicted molar refractivity (Wildman–Crippen MR) is 149 cm³/mol. The Bertz CT molecular complexity index is 1480. The summed E-state index contributed by atoms with van der Waals surface area (Å²) in [5.41, 5.74) is 5.42. The van der Waals surface area contributed by atoms with Crippen LogP contribution in [0.1, 0.15) is 74.0 Å². The number of carbonyl (C=O) groups excluding carboxylic acids is 2. The molecule has 0 unspecified atom stereocenters. The zero-order valence-electron chi connectivity index (χ0n) is 22.7. The van der Waals surface area contributed by atoms with Gasteiger partial charge in [-0.1, -0.05) is 36.4 Å². The first kappa shape index (κ1) is 27.2. The number of carbonyl (C=O) groups is 2. The number of hydrogen-bond donors (Lipinski definition) is 1. The molecule has 9 nitrogen and oxygen atoms in total. The van der Waals surface area contributed by atoms with Gasteiger partial charge in [0.25, 0.3) is 0 Å². The number of ether oxygens (including phenoxy) is 1. The molecule has 1 aromatic heterocycles. The predicted octanol–water partition coefficient (Wildman–Crippen LogP) is 4.46. The summed E-state index contributed by atoms with van der Waals surface area (Å²) in [5.74, 6) is 0.502. The number of amides is 2. The van der Waals surface area contributed by atoms with Crippen LogP contribution in [0.25, 0.3) is 11.0 Å². The average Bonchev–Trinajstić information content (AvgIpc) is 3.32. The number of rotatable bonds is 6. The topological polar surface area (TPSA) is 111 Å². The molecule has 0 bridgehead atoms. The van der Waals surface area contributed by atoms with E-state index in [4.69, 9.17) is 9.72 Å². The van der Waals surface area contributed by atoms with Gasteiger partial charge in [-0.05, 0) is 62.6 Å². The number of nitrogens with zero attached hydrogens (tertiary/aromatic N) is 3. The highest BCUT2D eigenvalue weighted by Crippen LogP contribution is 2.39. The number of sulfonamides is 1. The molecule has 1 aliphatic carbocycles. The highest BCUT2D eigenvalue weighted by molar-refractivity contribution is 7.90. The van der Waals surface area contributed by atoms with Crippen LogP contribution in [-0.2, 0) is 38.9 Å². The Balaban J connectivity index is 1.52. The maximum Gasteiger partial charge on any atom is 0.409 e. The summed E-state index contributed by atoms with van der Waals surface area (Å²) < 4.78 is 34.7. The van der Waals surface area contributed by atoms with E-state index in [2.05, 4.69) is 40.5 Å². The molecule has 10 heteroatoms. The third-order valence-corrected chi connectivity index (χ3v) is 10.0. The summed E-state index contributed by atoms with van der Waals surface area (Å²) in [5, 5.41) is -0.585. The van der Waals surface area contributed by atoms with Crippen molar-refractivity contribution in [2.45, 2.75) is 76.1 Å². The van der Waals surface area contributed by atoms with E-state index in [0.29, 0.717) is 38.8 Å². The van der Waals surface area contributed by atoms with E-state index in [1.807, 2.05) is 18.2 Å². The van der Waals surface area contributed by atoms with Gasteiger partial charge < -0.3 is 14.2 Å². The highest BCUT2D eigenvalue weighted by Gasteiger charge is 2.35. The second-order valence-electron chi connectivity index (χ2n) is 10.8. The molecule has 1 saturated carbocycles. The third kappa shape index (κ3) is 5.52. The third-order valence-electron chi connectivity index (χ3n) is 8.10. The van der Waals surface area contributed by atoms with Gasteiger partial charge in [-0.3, -0.25) is 9.52 Å². The van der Waals surface area contributed by atoms with E-state index >= 15 is 0 Å². The average molecular weight is 553 g/mol. The summed E-state index contributed by atoms with van der Waals surface area (Å²) in [6.07, 6.45) is 3.51. The van der Waals surface area contributed by atoms with Gasteiger partial charge in [0, 0.05) is 31.0 Å². The highest BCUT2D eigenvalue weighted by atomic mass is 32.2. The largest absolute Gasteiger partial charge is 0.453 e. The first-order valence-corrected chi connectivity index (χ1v) is 15.1. The van der Waals surface area contributed by atoms with Crippen molar-refractivity contribution in [3.05, 3.63) is 65.0 Å². The number of nitrogens with one attached hydrogen (secondary N) is 1. The van der Waals surface area contributed by atoms with Gasteiger partial charge in [-0.15, -0.1) is 0 Å². The zero-order chi connectivity index (χ0) is 27.7. The fourth-order valence-electron chi connectivity index (χ4n) is 6.21. The van der Waals surface area contributed by atoms with Crippen LogP contribution in [0.3, 0.4) is 0 Å². The van der Waals surface area contributed by atoms with Gasteiger partial charge in [0.05, 0.1) is 29.9 Å². The molecule has 5 rings (SSSR count). The zero-order valence-corrected chi connectivity index (χ0v) is 23.5. The summed E-state index contributed by atoms with van der Waals surface area (Å²) in [6, 6.07) is 14.8. The molecular weight excluding hydrogens is 516 g/mol. The van der Waals surface area contributed by atoms with Crippen molar-refractivity contribution in [2.75, 3.05) is 13.7 Å².